The lowest BCUT2D eigenvalue weighted by atomic mass is 9.96. The molecule has 0 saturated carbocycles. The summed E-state index contributed by atoms with van der Waals surface area (Å²) in [5, 5.41) is 10.1. The number of rotatable bonds is 4. The number of aromatic nitrogens is 1. The van der Waals surface area contributed by atoms with Gasteiger partial charge in [-0.25, -0.2) is 0 Å². The third-order valence-electron chi connectivity index (χ3n) is 3.03. The summed E-state index contributed by atoms with van der Waals surface area (Å²) >= 11 is 0. The molecule has 0 aliphatic heterocycles. The van der Waals surface area contributed by atoms with Crippen molar-refractivity contribution in [1.29, 1.82) is 0 Å². The highest BCUT2D eigenvalue weighted by Gasteiger charge is 2.17. The van der Waals surface area contributed by atoms with Crippen LogP contribution in [-0.2, 0) is 11.2 Å². The van der Waals surface area contributed by atoms with E-state index in [2.05, 4.69) is 4.98 Å². The van der Waals surface area contributed by atoms with E-state index < -0.39 is 11.9 Å². The number of pyridine rings is 1. The molecule has 1 aromatic heterocycles. The first kappa shape index (κ1) is 12.5. The highest BCUT2D eigenvalue weighted by atomic mass is 16.4. The molecular formula is C14H16N2O2. The van der Waals surface area contributed by atoms with Gasteiger partial charge in [0.05, 0.1) is 11.4 Å². The van der Waals surface area contributed by atoms with E-state index in [4.69, 9.17) is 10.8 Å². The van der Waals surface area contributed by atoms with E-state index in [9.17, 15) is 4.79 Å². The molecule has 0 spiro atoms. The summed E-state index contributed by atoms with van der Waals surface area (Å²) in [5.41, 5.74) is 8.29. The fourth-order valence-electron chi connectivity index (χ4n) is 2.10. The van der Waals surface area contributed by atoms with Crippen molar-refractivity contribution in [3.63, 3.8) is 0 Å². The zero-order valence-corrected chi connectivity index (χ0v) is 10.3. The van der Waals surface area contributed by atoms with Crippen LogP contribution >= 0.6 is 0 Å². The molecule has 94 valence electrons. The minimum Gasteiger partial charge on any atom is -0.481 e. The van der Waals surface area contributed by atoms with E-state index in [1.165, 1.54) is 0 Å². The Bertz CT molecular complexity index is 581. The van der Waals surface area contributed by atoms with Gasteiger partial charge in [0, 0.05) is 17.6 Å². The van der Waals surface area contributed by atoms with Crippen molar-refractivity contribution in [2.75, 3.05) is 6.54 Å². The number of hydrogen-bond acceptors (Lipinski definition) is 3. The monoisotopic (exact) mass is 244 g/mol. The topological polar surface area (TPSA) is 76.2 Å². The fraction of sp³-hybridized carbons (Fsp3) is 0.286. The average Bonchev–Trinajstić information content (AvgIpc) is 2.35. The van der Waals surface area contributed by atoms with Crippen LogP contribution in [0, 0.1) is 12.8 Å². The lowest BCUT2D eigenvalue weighted by Gasteiger charge is -2.12. The second-order valence-corrected chi connectivity index (χ2v) is 4.41. The second kappa shape index (κ2) is 5.14. The maximum absolute atomic E-state index is 11.1. The van der Waals surface area contributed by atoms with E-state index >= 15 is 0 Å². The highest BCUT2D eigenvalue weighted by molar-refractivity contribution is 5.83. The van der Waals surface area contributed by atoms with Gasteiger partial charge in [-0.15, -0.1) is 0 Å². The molecule has 0 fully saturated rings. The molecule has 0 bridgehead atoms. The Morgan fingerprint density at radius 3 is 2.83 bits per heavy atom. The van der Waals surface area contributed by atoms with Gasteiger partial charge in [-0.05, 0) is 31.0 Å². The van der Waals surface area contributed by atoms with E-state index in [0.717, 1.165) is 22.2 Å². The quantitative estimate of drug-likeness (QED) is 0.859. The van der Waals surface area contributed by atoms with E-state index in [1.807, 2.05) is 37.3 Å². The van der Waals surface area contributed by atoms with Crippen molar-refractivity contribution in [1.82, 2.24) is 4.98 Å². The van der Waals surface area contributed by atoms with Crippen LogP contribution in [0.5, 0.6) is 0 Å². The summed E-state index contributed by atoms with van der Waals surface area (Å²) in [4.78, 5) is 15.5. The van der Waals surface area contributed by atoms with Gasteiger partial charge in [-0.3, -0.25) is 9.78 Å². The maximum Gasteiger partial charge on any atom is 0.308 e. The van der Waals surface area contributed by atoms with Crippen LogP contribution in [0.4, 0.5) is 0 Å². The standard InChI is InChI=1S/C14H16N2O2/c1-9-6-10(7-11(8-15)14(17)18)12-4-2-3-5-13(12)16-9/h2-6,11H,7-8,15H2,1H3,(H,17,18). The fourth-order valence-corrected chi connectivity index (χ4v) is 2.10. The van der Waals surface area contributed by atoms with E-state index in [0.29, 0.717) is 6.42 Å². The van der Waals surface area contributed by atoms with Gasteiger partial charge < -0.3 is 10.8 Å². The summed E-state index contributed by atoms with van der Waals surface area (Å²) in [7, 11) is 0. The molecule has 0 radical (unpaired) electrons. The molecule has 18 heavy (non-hydrogen) atoms. The maximum atomic E-state index is 11.1. The highest BCUT2D eigenvalue weighted by Crippen LogP contribution is 2.21. The number of carbonyl (C=O) groups is 1. The minimum absolute atomic E-state index is 0.144. The summed E-state index contributed by atoms with van der Waals surface area (Å²) in [6.45, 7) is 2.05. The molecule has 3 N–H and O–H groups in total. The van der Waals surface area contributed by atoms with Crippen LogP contribution in [0.25, 0.3) is 10.9 Å². The number of para-hydroxylation sites is 1. The van der Waals surface area contributed by atoms with Gasteiger partial charge in [0.1, 0.15) is 0 Å². The van der Waals surface area contributed by atoms with Crippen molar-refractivity contribution in [2.24, 2.45) is 11.7 Å². The predicted molar refractivity (Wildman–Crippen MR) is 70.4 cm³/mol. The van der Waals surface area contributed by atoms with Gasteiger partial charge in [-0.2, -0.15) is 0 Å². The summed E-state index contributed by atoms with van der Waals surface area (Å²) in [5.74, 6) is -1.40. The number of nitrogens with zero attached hydrogens (tertiary/aromatic N) is 1. The molecule has 1 atom stereocenters. The van der Waals surface area contributed by atoms with Crippen LogP contribution in [-0.4, -0.2) is 22.6 Å². The zero-order valence-electron chi connectivity index (χ0n) is 10.3. The molecule has 4 heteroatoms. The Balaban J connectivity index is 2.46. The number of benzene rings is 1. The SMILES string of the molecule is Cc1cc(CC(CN)C(=O)O)c2ccccc2n1. The third-order valence-corrected chi connectivity index (χ3v) is 3.03. The molecule has 0 aliphatic rings. The Morgan fingerprint density at radius 2 is 2.17 bits per heavy atom. The van der Waals surface area contributed by atoms with Gasteiger partial charge in [0.15, 0.2) is 0 Å². The summed E-state index contributed by atoms with van der Waals surface area (Å²) < 4.78 is 0. The first-order chi connectivity index (χ1) is 8.61. The average molecular weight is 244 g/mol. The van der Waals surface area contributed by atoms with Gasteiger partial charge in [-0.1, -0.05) is 18.2 Å². The van der Waals surface area contributed by atoms with Gasteiger partial charge >= 0.3 is 5.97 Å². The number of aliphatic carboxylic acids is 1. The normalized spacial score (nSPS) is 12.6. The number of nitrogens with two attached hydrogens (primary N) is 1. The Labute approximate surface area is 105 Å². The Hall–Kier alpha value is -1.94. The number of carboxylic acids is 1. The molecular weight excluding hydrogens is 228 g/mol. The predicted octanol–water partition coefficient (Wildman–Crippen LogP) is 1.75. The Kier molecular flexibility index (Phi) is 3.58. The molecule has 2 aromatic rings. The van der Waals surface area contributed by atoms with Crippen molar-refractivity contribution in [2.45, 2.75) is 13.3 Å². The number of hydrogen-bond donors (Lipinski definition) is 2. The smallest absolute Gasteiger partial charge is 0.308 e. The second-order valence-electron chi connectivity index (χ2n) is 4.41. The number of carboxylic acid groups (broad SMARTS) is 1. The lowest BCUT2D eigenvalue weighted by Crippen LogP contribution is -2.25. The minimum atomic E-state index is -0.851. The molecule has 0 saturated heterocycles. The van der Waals surface area contributed by atoms with Gasteiger partial charge in [0.2, 0.25) is 0 Å². The van der Waals surface area contributed by atoms with Crippen LogP contribution in [0.3, 0.4) is 0 Å². The zero-order chi connectivity index (χ0) is 13.1. The summed E-state index contributed by atoms with van der Waals surface area (Å²) in [6, 6.07) is 9.70. The van der Waals surface area contributed by atoms with E-state index in [1.54, 1.807) is 0 Å². The van der Waals surface area contributed by atoms with Crippen molar-refractivity contribution >= 4 is 16.9 Å². The first-order valence-corrected chi connectivity index (χ1v) is 5.90. The molecule has 1 heterocycles. The molecule has 1 unspecified atom stereocenters. The first-order valence-electron chi connectivity index (χ1n) is 5.90. The Morgan fingerprint density at radius 1 is 1.44 bits per heavy atom. The third kappa shape index (κ3) is 2.49. The van der Waals surface area contributed by atoms with Crippen LogP contribution in [0.1, 0.15) is 11.3 Å². The number of aryl methyl sites for hydroxylation is 1. The van der Waals surface area contributed by atoms with Gasteiger partial charge in [0.25, 0.3) is 0 Å². The molecule has 0 aliphatic carbocycles. The van der Waals surface area contributed by atoms with Crippen molar-refractivity contribution < 1.29 is 9.90 Å². The number of fused-ring (bicyclic) bond motifs is 1. The van der Waals surface area contributed by atoms with Crippen molar-refractivity contribution in [3.05, 3.63) is 41.6 Å². The lowest BCUT2D eigenvalue weighted by molar-refractivity contribution is -0.141. The largest absolute Gasteiger partial charge is 0.481 e. The molecule has 2 rings (SSSR count). The molecule has 4 nitrogen and oxygen atoms in total. The molecule has 0 amide bonds. The van der Waals surface area contributed by atoms with E-state index in [-0.39, 0.29) is 6.54 Å². The summed E-state index contributed by atoms with van der Waals surface area (Å²) in [6.07, 6.45) is 0.440. The van der Waals surface area contributed by atoms with Crippen LogP contribution in [0.2, 0.25) is 0 Å². The van der Waals surface area contributed by atoms with Crippen LogP contribution < -0.4 is 5.73 Å². The van der Waals surface area contributed by atoms with Crippen LogP contribution in [0.15, 0.2) is 30.3 Å². The molecule has 1 aromatic carbocycles. The van der Waals surface area contributed by atoms with Crippen molar-refractivity contribution in [3.8, 4) is 0 Å².